The van der Waals surface area contributed by atoms with Crippen LogP contribution in [0.3, 0.4) is 0 Å². The van der Waals surface area contributed by atoms with Crippen molar-refractivity contribution >= 4 is 24.0 Å². The Bertz CT molecular complexity index is 610. The van der Waals surface area contributed by atoms with E-state index in [1.807, 2.05) is 0 Å². The van der Waals surface area contributed by atoms with Crippen molar-refractivity contribution in [3.05, 3.63) is 29.8 Å². The summed E-state index contributed by atoms with van der Waals surface area (Å²) >= 11 is 0. The van der Waals surface area contributed by atoms with Crippen LogP contribution in [0.4, 0.5) is 4.79 Å². The molecule has 0 saturated heterocycles. The van der Waals surface area contributed by atoms with E-state index in [0.717, 1.165) is 0 Å². The molecule has 1 atom stereocenters. The lowest BCUT2D eigenvalue weighted by Crippen LogP contribution is -2.41. The van der Waals surface area contributed by atoms with Crippen molar-refractivity contribution in [3.63, 3.8) is 0 Å². The van der Waals surface area contributed by atoms with E-state index in [1.54, 1.807) is 12.1 Å². The zero-order valence-electron chi connectivity index (χ0n) is 12.9. The second kappa shape index (κ2) is 9.13. The first-order valence-corrected chi connectivity index (χ1v) is 6.93. The molecule has 9 nitrogen and oxygen atoms in total. The molecule has 1 unspecified atom stereocenters. The standard InChI is InChI=1S/C15H17NO8/c1-9(17)24-11-4-2-10(3-5-11)8-23-15(22)16-12(14(20)21)6-7-13(18)19/h2-5,12H,6-8H2,1H3,(H,16,22)(H,18,19)(H,20,21). The molecule has 1 aromatic rings. The minimum Gasteiger partial charge on any atom is -0.481 e. The number of aliphatic carboxylic acids is 2. The van der Waals surface area contributed by atoms with Gasteiger partial charge >= 0.3 is 24.0 Å². The molecule has 1 amide bonds. The van der Waals surface area contributed by atoms with Gasteiger partial charge in [-0.05, 0) is 24.1 Å². The molecule has 0 bridgehead atoms. The predicted octanol–water partition coefficient (Wildman–Crippen LogP) is 1.16. The SMILES string of the molecule is CC(=O)Oc1ccc(COC(=O)NC(CCC(=O)O)C(=O)O)cc1. The molecule has 0 fully saturated rings. The molecule has 0 aliphatic rings. The molecule has 0 radical (unpaired) electrons. The van der Waals surface area contributed by atoms with Crippen LogP contribution in [0.5, 0.6) is 5.75 Å². The highest BCUT2D eigenvalue weighted by Gasteiger charge is 2.21. The molecule has 1 rings (SSSR count). The molecule has 0 aliphatic carbocycles. The molecule has 0 aromatic heterocycles. The van der Waals surface area contributed by atoms with Gasteiger partial charge in [-0.3, -0.25) is 9.59 Å². The molecule has 0 heterocycles. The minimum absolute atomic E-state index is 0.128. The fraction of sp³-hybridized carbons (Fsp3) is 0.333. The van der Waals surface area contributed by atoms with Gasteiger partial charge < -0.3 is 25.0 Å². The summed E-state index contributed by atoms with van der Waals surface area (Å²) in [6.07, 6.45) is -1.62. The zero-order valence-corrected chi connectivity index (χ0v) is 12.9. The number of carbonyl (C=O) groups is 4. The highest BCUT2D eigenvalue weighted by atomic mass is 16.5. The minimum atomic E-state index is -1.35. The highest BCUT2D eigenvalue weighted by Crippen LogP contribution is 2.13. The van der Waals surface area contributed by atoms with E-state index < -0.39 is 36.5 Å². The summed E-state index contributed by atoms with van der Waals surface area (Å²) in [5, 5.41) is 19.5. The molecule has 0 spiro atoms. The van der Waals surface area contributed by atoms with Crippen LogP contribution in [-0.4, -0.2) is 40.3 Å². The van der Waals surface area contributed by atoms with Crippen molar-refractivity contribution in [2.24, 2.45) is 0 Å². The Labute approximate surface area is 137 Å². The summed E-state index contributed by atoms with van der Waals surface area (Å²) in [6.45, 7) is 1.14. The average molecular weight is 339 g/mol. The van der Waals surface area contributed by atoms with Crippen LogP contribution in [0.25, 0.3) is 0 Å². The lowest BCUT2D eigenvalue weighted by molar-refractivity contribution is -0.140. The number of carbonyl (C=O) groups excluding carboxylic acids is 2. The van der Waals surface area contributed by atoms with E-state index in [0.29, 0.717) is 11.3 Å². The molecule has 0 saturated carbocycles. The van der Waals surface area contributed by atoms with Gasteiger partial charge in [-0.1, -0.05) is 12.1 Å². The Hall–Kier alpha value is -3.10. The van der Waals surface area contributed by atoms with Gasteiger partial charge in [0, 0.05) is 13.3 Å². The molecule has 130 valence electrons. The third-order valence-corrected chi connectivity index (χ3v) is 2.79. The van der Waals surface area contributed by atoms with Gasteiger partial charge in [-0.15, -0.1) is 0 Å². The highest BCUT2D eigenvalue weighted by molar-refractivity contribution is 5.80. The maximum Gasteiger partial charge on any atom is 0.408 e. The molecule has 24 heavy (non-hydrogen) atoms. The molecule has 9 heteroatoms. The van der Waals surface area contributed by atoms with E-state index in [1.165, 1.54) is 19.1 Å². The number of hydrogen-bond donors (Lipinski definition) is 3. The maximum atomic E-state index is 11.6. The van der Waals surface area contributed by atoms with Crippen molar-refractivity contribution in [1.82, 2.24) is 5.32 Å². The Morgan fingerprint density at radius 1 is 1.12 bits per heavy atom. The van der Waals surface area contributed by atoms with E-state index in [2.05, 4.69) is 5.32 Å². The summed E-state index contributed by atoms with van der Waals surface area (Å²) in [4.78, 5) is 43.7. The second-order valence-corrected chi connectivity index (χ2v) is 4.78. The van der Waals surface area contributed by atoms with Crippen LogP contribution in [0.15, 0.2) is 24.3 Å². The summed E-state index contributed by atoms with van der Waals surface area (Å²) < 4.78 is 9.72. The summed E-state index contributed by atoms with van der Waals surface area (Å²) in [7, 11) is 0. The molecular formula is C15H17NO8. The number of benzene rings is 1. The zero-order chi connectivity index (χ0) is 18.1. The van der Waals surface area contributed by atoms with Crippen LogP contribution in [0.2, 0.25) is 0 Å². The smallest absolute Gasteiger partial charge is 0.408 e. The summed E-state index contributed by atoms with van der Waals surface area (Å²) in [5.74, 6) is -2.63. The average Bonchev–Trinajstić information content (AvgIpc) is 2.49. The number of amides is 1. The number of rotatable bonds is 8. The molecular weight excluding hydrogens is 322 g/mol. The summed E-state index contributed by atoms with van der Waals surface area (Å²) in [6, 6.07) is 4.84. The largest absolute Gasteiger partial charge is 0.481 e. The molecule has 1 aromatic carbocycles. The third-order valence-electron chi connectivity index (χ3n) is 2.79. The normalized spacial score (nSPS) is 11.2. The van der Waals surface area contributed by atoms with Crippen LogP contribution in [0.1, 0.15) is 25.3 Å². The van der Waals surface area contributed by atoms with Crippen molar-refractivity contribution in [2.45, 2.75) is 32.4 Å². The molecule has 0 aliphatic heterocycles. The van der Waals surface area contributed by atoms with Crippen LogP contribution in [0, 0.1) is 0 Å². The number of ether oxygens (including phenoxy) is 2. The first kappa shape index (κ1) is 18.9. The van der Waals surface area contributed by atoms with Crippen molar-refractivity contribution in [3.8, 4) is 5.75 Å². The topological polar surface area (TPSA) is 139 Å². The summed E-state index contributed by atoms with van der Waals surface area (Å²) in [5.41, 5.74) is 0.596. The Morgan fingerprint density at radius 3 is 2.25 bits per heavy atom. The quantitative estimate of drug-likeness (QED) is 0.473. The van der Waals surface area contributed by atoms with Crippen LogP contribution >= 0.6 is 0 Å². The lowest BCUT2D eigenvalue weighted by atomic mass is 10.1. The van der Waals surface area contributed by atoms with Crippen molar-refractivity contribution < 1.29 is 38.9 Å². The van der Waals surface area contributed by atoms with Gasteiger partial charge in [0.1, 0.15) is 18.4 Å². The van der Waals surface area contributed by atoms with Gasteiger partial charge in [0.15, 0.2) is 0 Å². The van der Waals surface area contributed by atoms with E-state index in [9.17, 15) is 19.2 Å². The van der Waals surface area contributed by atoms with E-state index >= 15 is 0 Å². The van der Waals surface area contributed by atoms with Gasteiger partial charge in [0.2, 0.25) is 0 Å². The third kappa shape index (κ3) is 7.25. The van der Waals surface area contributed by atoms with Gasteiger partial charge in [0.25, 0.3) is 0 Å². The van der Waals surface area contributed by atoms with E-state index in [4.69, 9.17) is 19.7 Å². The first-order valence-electron chi connectivity index (χ1n) is 6.93. The fourth-order valence-corrected chi connectivity index (χ4v) is 1.68. The first-order chi connectivity index (χ1) is 11.3. The predicted molar refractivity (Wildman–Crippen MR) is 79.4 cm³/mol. The van der Waals surface area contributed by atoms with Crippen molar-refractivity contribution in [2.75, 3.05) is 0 Å². The number of hydrogen-bond acceptors (Lipinski definition) is 6. The van der Waals surface area contributed by atoms with Gasteiger partial charge in [0.05, 0.1) is 0 Å². The van der Waals surface area contributed by atoms with E-state index in [-0.39, 0.29) is 13.0 Å². The van der Waals surface area contributed by atoms with Crippen LogP contribution < -0.4 is 10.1 Å². The fourth-order valence-electron chi connectivity index (χ4n) is 1.68. The van der Waals surface area contributed by atoms with Gasteiger partial charge in [-0.2, -0.15) is 0 Å². The Morgan fingerprint density at radius 2 is 1.75 bits per heavy atom. The number of carboxylic acid groups (broad SMARTS) is 2. The molecule has 3 N–H and O–H groups in total. The Balaban J connectivity index is 2.47. The van der Waals surface area contributed by atoms with Crippen molar-refractivity contribution in [1.29, 1.82) is 0 Å². The number of alkyl carbamates (subject to hydrolysis) is 1. The van der Waals surface area contributed by atoms with Gasteiger partial charge in [-0.25, -0.2) is 9.59 Å². The number of nitrogens with one attached hydrogen (secondary N) is 1. The number of carboxylic acids is 2. The Kier molecular flexibility index (Phi) is 7.21. The lowest BCUT2D eigenvalue weighted by Gasteiger charge is -2.13. The van der Waals surface area contributed by atoms with Crippen LogP contribution in [-0.2, 0) is 25.7 Å². The maximum absolute atomic E-state index is 11.6. The monoisotopic (exact) mass is 339 g/mol. The number of esters is 1. The second-order valence-electron chi connectivity index (χ2n) is 4.78.